The summed E-state index contributed by atoms with van der Waals surface area (Å²) in [6.07, 6.45) is 5.34. The standard InChI is InChI=1S/C16H33N3O2/c1-16(17,15(20)21-4)9-5-6-10-19(3)13-14-7-11-18(2)12-8-14/h14H,5-13,17H2,1-4H3. The first kappa shape index (κ1) is 18.4. The lowest BCUT2D eigenvalue weighted by atomic mass is 9.95. The van der Waals surface area contributed by atoms with Crippen LogP contribution < -0.4 is 5.73 Å². The smallest absolute Gasteiger partial charge is 0.325 e. The van der Waals surface area contributed by atoms with Crippen LogP contribution in [0.15, 0.2) is 0 Å². The quantitative estimate of drug-likeness (QED) is 0.541. The molecule has 0 saturated carbocycles. The van der Waals surface area contributed by atoms with E-state index in [9.17, 15) is 4.79 Å². The summed E-state index contributed by atoms with van der Waals surface area (Å²) in [6, 6.07) is 0. The second-order valence-corrected chi connectivity index (χ2v) is 6.88. The van der Waals surface area contributed by atoms with E-state index in [0.29, 0.717) is 6.42 Å². The van der Waals surface area contributed by atoms with E-state index in [1.807, 2.05) is 0 Å². The maximum Gasteiger partial charge on any atom is 0.325 e. The van der Waals surface area contributed by atoms with E-state index < -0.39 is 5.54 Å². The number of carbonyl (C=O) groups excluding carboxylic acids is 1. The Morgan fingerprint density at radius 2 is 2.00 bits per heavy atom. The van der Waals surface area contributed by atoms with Crippen LogP contribution >= 0.6 is 0 Å². The van der Waals surface area contributed by atoms with Crippen molar-refractivity contribution in [2.75, 3.05) is 47.4 Å². The molecule has 2 N–H and O–H groups in total. The van der Waals surface area contributed by atoms with Gasteiger partial charge in [0.2, 0.25) is 0 Å². The molecule has 0 aromatic heterocycles. The average molecular weight is 299 g/mol. The summed E-state index contributed by atoms with van der Waals surface area (Å²) in [7, 11) is 5.79. The predicted octanol–water partition coefficient (Wildman–Crippen LogP) is 1.32. The Kier molecular flexibility index (Phi) is 7.63. The third-order valence-electron chi connectivity index (χ3n) is 4.55. The van der Waals surface area contributed by atoms with Gasteiger partial charge >= 0.3 is 5.97 Å². The molecule has 0 aliphatic carbocycles. The van der Waals surface area contributed by atoms with Crippen LogP contribution in [0.5, 0.6) is 0 Å². The van der Waals surface area contributed by atoms with Crippen molar-refractivity contribution in [3.63, 3.8) is 0 Å². The van der Waals surface area contributed by atoms with E-state index in [4.69, 9.17) is 10.5 Å². The number of nitrogens with zero attached hydrogens (tertiary/aromatic N) is 2. The third kappa shape index (κ3) is 6.76. The summed E-state index contributed by atoms with van der Waals surface area (Å²) >= 11 is 0. The van der Waals surface area contributed by atoms with Crippen LogP contribution in [0.2, 0.25) is 0 Å². The molecule has 0 spiro atoms. The minimum atomic E-state index is -0.846. The molecule has 5 heteroatoms. The summed E-state index contributed by atoms with van der Waals surface area (Å²) < 4.78 is 4.72. The van der Waals surface area contributed by atoms with Gasteiger partial charge in [0, 0.05) is 6.54 Å². The molecule has 5 nitrogen and oxygen atoms in total. The third-order valence-corrected chi connectivity index (χ3v) is 4.55. The molecule has 21 heavy (non-hydrogen) atoms. The fraction of sp³-hybridized carbons (Fsp3) is 0.938. The molecule has 1 aliphatic heterocycles. The Balaban J connectivity index is 2.13. The second kappa shape index (κ2) is 8.71. The topological polar surface area (TPSA) is 58.8 Å². The Morgan fingerprint density at radius 1 is 1.38 bits per heavy atom. The van der Waals surface area contributed by atoms with Gasteiger partial charge in [0.05, 0.1) is 7.11 Å². The molecule has 1 saturated heterocycles. The number of ether oxygens (including phenoxy) is 1. The Hall–Kier alpha value is -0.650. The molecule has 0 radical (unpaired) electrons. The molecule has 1 atom stereocenters. The first-order valence-electron chi connectivity index (χ1n) is 8.09. The highest BCUT2D eigenvalue weighted by Crippen LogP contribution is 2.17. The van der Waals surface area contributed by atoms with Crippen LogP contribution in [0.4, 0.5) is 0 Å². The number of carbonyl (C=O) groups is 1. The molecule has 0 aromatic carbocycles. The van der Waals surface area contributed by atoms with Crippen molar-refractivity contribution in [3.8, 4) is 0 Å². The fourth-order valence-electron chi connectivity index (χ4n) is 2.99. The van der Waals surface area contributed by atoms with Crippen LogP contribution in [-0.4, -0.2) is 68.7 Å². The molecule has 1 fully saturated rings. The summed E-state index contributed by atoms with van der Waals surface area (Å²) in [5.41, 5.74) is 5.11. The van der Waals surface area contributed by atoms with Gasteiger partial charge < -0.3 is 20.3 Å². The zero-order valence-corrected chi connectivity index (χ0v) is 14.2. The van der Waals surface area contributed by atoms with Crippen LogP contribution in [0.1, 0.15) is 39.0 Å². The SMILES string of the molecule is COC(=O)C(C)(N)CCCCN(C)CC1CCN(C)CC1. The number of unbranched alkanes of at least 4 members (excludes halogenated alkanes) is 1. The number of piperidine rings is 1. The first-order valence-corrected chi connectivity index (χ1v) is 8.09. The van der Waals surface area contributed by atoms with Crippen molar-refractivity contribution in [2.24, 2.45) is 11.7 Å². The number of methoxy groups -OCH3 is 1. The number of likely N-dealkylation sites (tertiary alicyclic amines) is 1. The molecular formula is C16H33N3O2. The van der Waals surface area contributed by atoms with Crippen molar-refractivity contribution in [1.82, 2.24) is 9.80 Å². The van der Waals surface area contributed by atoms with Crippen LogP contribution in [0.25, 0.3) is 0 Å². The highest BCUT2D eigenvalue weighted by atomic mass is 16.5. The Morgan fingerprint density at radius 3 is 2.57 bits per heavy atom. The molecular weight excluding hydrogens is 266 g/mol. The monoisotopic (exact) mass is 299 g/mol. The predicted molar refractivity (Wildman–Crippen MR) is 86.2 cm³/mol. The average Bonchev–Trinajstić information content (AvgIpc) is 2.45. The number of hydrogen-bond donors (Lipinski definition) is 1. The number of rotatable bonds is 8. The second-order valence-electron chi connectivity index (χ2n) is 6.88. The van der Waals surface area contributed by atoms with Crippen molar-refractivity contribution in [1.29, 1.82) is 0 Å². The summed E-state index contributed by atoms with van der Waals surface area (Å²) in [5, 5.41) is 0. The normalized spacial score (nSPS) is 20.5. The van der Waals surface area contributed by atoms with Crippen LogP contribution in [-0.2, 0) is 9.53 Å². The number of hydrogen-bond acceptors (Lipinski definition) is 5. The lowest BCUT2D eigenvalue weighted by Gasteiger charge is -2.31. The number of esters is 1. The van der Waals surface area contributed by atoms with E-state index in [2.05, 4.69) is 23.9 Å². The highest BCUT2D eigenvalue weighted by Gasteiger charge is 2.28. The molecule has 0 aromatic rings. The largest absolute Gasteiger partial charge is 0.468 e. The maximum absolute atomic E-state index is 11.5. The molecule has 1 heterocycles. The van der Waals surface area contributed by atoms with Gasteiger partial charge in [0.1, 0.15) is 5.54 Å². The van der Waals surface area contributed by atoms with Gasteiger partial charge in [-0.15, -0.1) is 0 Å². The number of nitrogens with two attached hydrogens (primary N) is 1. The van der Waals surface area contributed by atoms with E-state index in [0.717, 1.165) is 25.3 Å². The minimum absolute atomic E-state index is 0.317. The van der Waals surface area contributed by atoms with Crippen molar-refractivity contribution in [2.45, 2.75) is 44.6 Å². The van der Waals surface area contributed by atoms with Gasteiger partial charge in [-0.05, 0) is 78.7 Å². The van der Waals surface area contributed by atoms with E-state index in [-0.39, 0.29) is 5.97 Å². The van der Waals surface area contributed by atoms with Crippen molar-refractivity contribution in [3.05, 3.63) is 0 Å². The van der Waals surface area contributed by atoms with Gasteiger partial charge in [-0.3, -0.25) is 4.79 Å². The molecule has 124 valence electrons. The zero-order valence-electron chi connectivity index (χ0n) is 14.2. The van der Waals surface area contributed by atoms with Gasteiger partial charge in [-0.2, -0.15) is 0 Å². The minimum Gasteiger partial charge on any atom is -0.468 e. The highest BCUT2D eigenvalue weighted by molar-refractivity contribution is 5.79. The summed E-state index contributed by atoms with van der Waals surface area (Å²) in [5.74, 6) is 0.517. The summed E-state index contributed by atoms with van der Waals surface area (Å²) in [4.78, 5) is 16.3. The molecule has 1 unspecified atom stereocenters. The summed E-state index contributed by atoms with van der Waals surface area (Å²) in [6.45, 7) is 6.46. The zero-order chi connectivity index (χ0) is 15.9. The van der Waals surface area contributed by atoms with Gasteiger partial charge in [-0.1, -0.05) is 0 Å². The lowest BCUT2D eigenvalue weighted by molar-refractivity contribution is -0.146. The van der Waals surface area contributed by atoms with E-state index >= 15 is 0 Å². The van der Waals surface area contributed by atoms with E-state index in [1.165, 1.54) is 39.6 Å². The van der Waals surface area contributed by atoms with Crippen molar-refractivity contribution >= 4 is 5.97 Å². The Labute approximate surface area is 129 Å². The molecule has 0 amide bonds. The van der Waals surface area contributed by atoms with Crippen molar-refractivity contribution < 1.29 is 9.53 Å². The van der Waals surface area contributed by atoms with Crippen LogP contribution in [0.3, 0.4) is 0 Å². The first-order chi connectivity index (χ1) is 9.85. The van der Waals surface area contributed by atoms with E-state index in [1.54, 1.807) is 6.92 Å². The Bertz CT molecular complexity index is 313. The molecule has 1 aliphatic rings. The van der Waals surface area contributed by atoms with Gasteiger partial charge in [-0.25, -0.2) is 0 Å². The van der Waals surface area contributed by atoms with Crippen LogP contribution in [0, 0.1) is 5.92 Å². The molecule has 0 bridgehead atoms. The fourth-order valence-corrected chi connectivity index (χ4v) is 2.99. The lowest BCUT2D eigenvalue weighted by Crippen LogP contribution is -2.45. The van der Waals surface area contributed by atoms with Gasteiger partial charge in [0.25, 0.3) is 0 Å². The maximum atomic E-state index is 11.5. The molecule has 1 rings (SSSR count). The van der Waals surface area contributed by atoms with Gasteiger partial charge in [0.15, 0.2) is 0 Å².